The maximum atomic E-state index is 10.8. The Morgan fingerprint density at radius 1 is 1.60 bits per heavy atom. The van der Waals surface area contributed by atoms with E-state index >= 15 is 0 Å². The van der Waals surface area contributed by atoms with Crippen molar-refractivity contribution >= 4 is 6.16 Å². The lowest BCUT2D eigenvalue weighted by Crippen LogP contribution is -2.38. The molecule has 0 aromatic rings. The molecule has 1 aliphatic rings. The molecule has 5 heteroatoms. The summed E-state index contributed by atoms with van der Waals surface area (Å²) < 4.78 is 19.9. The van der Waals surface area contributed by atoms with Crippen LogP contribution >= 0.6 is 0 Å². The molecule has 1 unspecified atom stereocenters. The average Bonchev–Trinajstić information content (AvgIpc) is 2.27. The van der Waals surface area contributed by atoms with E-state index in [1.165, 1.54) is 0 Å². The molecular formula is C10H16O5. The van der Waals surface area contributed by atoms with Crippen molar-refractivity contribution in [2.24, 2.45) is 5.92 Å². The largest absolute Gasteiger partial charge is 0.508 e. The zero-order valence-corrected chi connectivity index (χ0v) is 8.97. The molecule has 0 aromatic heterocycles. The molecule has 15 heavy (non-hydrogen) atoms. The third kappa shape index (κ3) is 3.21. The number of methoxy groups -OCH3 is 2. The van der Waals surface area contributed by atoms with Crippen LogP contribution in [0, 0.1) is 5.92 Å². The molecule has 0 N–H and O–H groups in total. The summed E-state index contributed by atoms with van der Waals surface area (Å²) in [5.41, 5.74) is 0. The van der Waals surface area contributed by atoms with Crippen LogP contribution in [-0.4, -0.2) is 39.4 Å². The first-order valence-corrected chi connectivity index (χ1v) is 4.72. The van der Waals surface area contributed by atoms with Gasteiger partial charge in [0.25, 0.3) is 0 Å². The topological polar surface area (TPSA) is 54.0 Å². The average molecular weight is 216 g/mol. The van der Waals surface area contributed by atoms with E-state index in [2.05, 4.69) is 6.58 Å². The normalized spacial score (nSPS) is 25.9. The van der Waals surface area contributed by atoms with Crippen molar-refractivity contribution in [2.45, 2.75) is 18.8 Å². The Morgan fingerprint density at radius 2 is 2.27 bits per heavy atom. The minimum absolute atomic E-state index is 0.0186. The number of cyclic esters (lactones) is 2. The van der Waals surface area contributed by atoms with E-state index < -0.39 is 6.16 Å². The molecule has 0 aliphatic carbocycles. The first kappa shape index (κ1) is 12.0. The molecule has 0 aromatic carbocycles. The molecule has 2 atom stereocenters. The Hall–Kier alpha value is -1.07. The number of hydrogen-bond donors (Lipinski definition) is 0. The van der Waals surface area contributed by atoms with E-state index in [1.54, 1.807) is 20.3 Å². The van der Waals surface area contributed by atoms with Crippen LogP contribution in [0.2, 0.25) is 0 Å². The third-order valence-electron chi connectivity index (χ3n) is 2.37. The predicted molar refractivity (Wildman–Crippen MR) is 52.3 cm³/mol. The van der Waals surface area contributed by atoms with Gasteiger partial charge in [0.05, 0.1) is 0 Å². The molecular weight excluding hydrogens is 200 g/mol. The van der Waals surface area contributed by atoms with Gasteiger partial charge in [0, 0.05) is 26.6 Å². The molecule has 0 amide bonds. The number of carbonyl (C=O) groups excluding carboxylic acids is 1. The molecule has 1 fully saturated rings. The molecule has 86 valence electrons. The second kappa shape index (κ2) is 5.72. The smallest absolute Gasteiger partial charge is 0.434 e. The Balaban J connectivity index is 2.51. The highest BCUT2D eigenvalue weighted by Gasteiger charge is 2.32. The van der Waals surface area contributed by atoms with Crippen LogP contribution in [0.15, 0.2) is 12.7 Å². The van der Waals surface area contributed by atoms with Crippen LogP contribution in [0.4, 0.5) is 4.79 Å². The van der Waals surface area contributed by atoms with Gasteiger partial charge in [-0.15, -0.1) is 0 Å². The van der Waals surface area contributed by atoms with Crippen LogP contribution in [-0.2, 0) is 18.9 Å². The van der Waals surface area contributed by atoms with Crippen LogP contribution in [0.25, 0.3) is 0 Å². The first-order chi connectivity index (χ1) is 7.21. The lowest BCUT2D eigenvalue weighted by atomic mass is 9.98. The Labute approximate surface area is 88.9 Å². The summed E-state index contributed by atoms with van der Waals surface area (Å²) in [7, 11) is 3.12. The molecule has 1 rings (SSSR count). The Morgan fingerprint density at radius 3 is 2.80 bits per heavy atom. The van der Waals surface area contributed by atoms with Gasteiger partial charge in [-0.25, -0.2) is 4.79 Å². The summed E-state index contributed by atoms with van der Waals surface area (Å²) in [6, 6.07) is 0. The van der Waals surface area contributed by atoms with Gasteiger partial charge < -0.3 is 18.9 Å². The van der Waals surface area contributed by atoms with Crippen LogP contribution in [0.3, 0.4) is 0 Å². The van der Waals surface area contributed by atoms with Crippen LogP contribution < -0.4 is 0 Å². The monoisotopic (exact) mass is 216 g/mol. The van der Waals surface area contributed by atoms with Gasteiger partial charge in [0.15, 0.2) is 6.29 Å². The van der Waals surface area contributed by atoms with Gasteiger partial charge in [-0.05, 0) is 0 Å². The number of carbonyl (C=O) groups is 1. The lowest BCUT2D eigenvalue weighted by molar-refractivity contribution is -0.134. The van der Waals surface area contributed by atoms with Crippen molar-refractivity contribution in [1.82, 2.24) is 0 Å². The maximum absolute atomic E-state index is 10.8. The fourth-order valence-electron chi connectivity index (χ4n) is 1.49. The summed E-state index contributed by atoms with van der Waals surface area (Å²) in [6.45, 7) is 3.92. The number of rotatable bonds is 5. The molecule has 1 heterocycles. The lowest BCUT2D eigenvalue weighted by Gasteiger charge is -2.30. The van der Waals surface area contributed by atoms with Gasteiger partial charge in [-0.1, -0.05) is 12.7 Å². The number of hydrogen-bond acceptors (Lipinski definition) is 5. The highest BCUT2D eigenvalue weighted by molar-refractivity contribution is 5.61. The maximum Gasteiger partial charge on any atom is 0.508 e. The summed E-state index contributed by atoms with van der Waals surface area (Å²) >= 11 is 0. The second-order valence-corrected chi connectivity index (χ2v) is 3.28. The SMILES string of the molecule is C=CC1OC(=O)OC[C@@H]1CC(OC)OC. The Kier molecular flexibility index (Phi) is 4.58. The van der Waals surface area contributed by atoms with Crippen molar-refractivity contribution in [2.75, 3.05) is 20.8 Å². The van der Waals surface area contributed by atoms with Gasteiger partial charge in [0.2, 0.25) is 0 Å². The van der Waals surface area contributed by atoms with E-state index in [4.69, 9.17) is 18.9 Å². The minimum Gasteiger partial charge on any atom is -0.434 e. The van der Waals surface area contributed by atoms with E-state index in [0.717, 1.165) is 0 Å². The summed E-state index contributed by atoms with van der Waals surface area (Å²) in [4.78, 5) is 10.8. The minimum atomic E-state index is -0.650. The van der Waals surface area contributed by atoms with Gasteiger partial charge in [-0.2, -0.15) is 0 Å². The van der Waals surface area contributed by atoms with Crippen LogP contribution in [0.1, 0.15) is 6.42 Å². The molecule has 5 nitrogen and oxygen atoms in total. The first-order valence-electron chi connectivity index (χ1n) is 4.72. The highest BCUT2D eigenvalue weighted by atomic mass is 16.7. The van der Waals surface area contributed by atoms with Gasteiger partial charge >= 0.3 is 6.16 Å². The van der Waals surface area contributed by atoms with Crippen molar-refractivity contribution in [1.29, 1.82) is 0 Å². The quantitative estimate of drug-likeness (QED) is 0.394. The molecule has 0 bridgehead atoms. The molecule has 0 radical (unpaired) electrons. The van der Waals surface area contributed by atoms with Gasteiger partial charge in [0.1, 0.15) is 12.7 Å². The second-order valence-electron chi connectivity index (χ2n) is 3.28. The summed E-state index contributed by atoms with van der Waals surface area (Å²) in [6.07, 6.45) is 0.879. The fourth-order valence-corrected chi connectivity index (χ4v) is 1.49. The van der Waals surface area contributed by atoms with Crippen LogP contribution in [0.5, 0.6) is 0 Å². The third-order valence-corrected chi connectivity index (χ3v) is 2.37. The summed E-state index contributed by atoms with van der Waals surface area (Å²) in [5, 5.41) is 0. The van der Waals surface area contributed by atoms with E-state index in [-0.39, 0.29) is 18.3 Å². The molecule has 0 spiro atoms. The Bertz CT molecular complexity index is 224. The van der Waals surface area contributed by atoms with Crippen molar-refractivity contribution < 1.29 is 23.7 Å². The van der Waals surface area contributed by atoms with Crippen molar-refractivity contribution in [3.05, 3.63) is 12.7 Å². The standard InChI is InChI=1S/C10H16O5/c1-4-8-7(5-9(12-2)13-3)6-14-10(11)15-8/h4,7-9H,1,5-6H2,2-3H3/t7-,8?/m0/s1. The van der Waals surface area contributed by atoms with Gasteiger partial charge in [-0.3, -0.25) is 0 Å². The number of ether oxygens (including phenoxy) is 4. The summed E-state index contributed by atoms with van der Waals surface area (Å²) in [5.74, 6) is 0.0186. The highest BCUT2D eigenvalue weighted by Crippen LogP contribution is 2.22. The zero-order chi connectivity index (χ0) is 11.3. The zero-order valence-electron chi connectivity index (χ0n) is 8.97. The molecule has 0 saturated carbocycles. The molecule has 1 saturated heterocycles. The van der Waals surface area contributed by atoms with Crippen molar-refractivity contribution in [3.8, 4) is 0 Å². The fraction of sp³-hybridized carbons (Fsp3) is 0.700. The predicted octanol–water partition coefficient (Wildman–Crippen LogP) is 1.33. The van der Waals surface area contributed by atoms with E-state index in [1.807, 2.05) is 0 Å². The van der Waals surface area contributed by atoms with E-state index in [9.17, 15) is 4.79 Å². The van der Waals surface area contributed by atoms with E-state index in [0.29, 0.717) is 13.0 Å². The molecule has 1 aliphatic heterocycles. The van der Waals surface area contributed by atoms with Crippen molar-refractivity contribution in [3.63, 3.8) is 0 Å².